The molecule has 0 aliphatic carbocycles. The number of hydrogen-bond acceptors (Lipinski definition) is 4. The highest BCUT2D eigenvalue weighted by molar-refractivity contribution is 6.34. The van der Waals surface area contributed by atoms with Gasteiger partial charge in [-0.1, -0.05) is 11.6 Å². The summed E-state index contributed by atoms with van der Waals surface area (Å²) >= 11 is 5.98. The fourth-order valence-electron chi connectivity index (χ4n) is 1.36. The van der Waals surface area contributed by atoms with Gasteiger partial charge in [-0.05, 0) is 19.9 Å². The van der Waals surface area contributed by atoms with Gasteiger partial charge in [0.25, 0.3) is 0 Å². The van der Waals surface area contributed by atoms with Crippen molar-refractivity contribution >= 4 is 17.4 Å². The number of hydrogen-bond donors (Lipinski definition) is 1. The molecule has 17 heavy (non-hydrogen) atoms. The molecular formula is C12H16ClNO3. The van der Waals surface area contributed by atoms with Crippen molar-refractivity contribution in [3.8, 4) is 11.5 Å². The second kappa shape index (κ2) is 5.89. The molecule has 0 radical (unpaired) electrons. The van der Waals surface area contributed by atoms with Gasteiger partial charge in [-0.25, -0.2) is 0 Å². The molecule has 4 nitrogen and oxygen atoms in total. The highest BCUT2D eigenvalue weighted by atomic mass is 35.5. The predicted octanol–water partition coefficient (Wildman–Crippen LogP) is 2.28. The summed E-state index contributed by atoms with van der Waals surface area (Å²) in [5, 5.41) is 0.313. The summed E-state index contributed by atoms with van der Waals surface area (Å²) in [5.74, 6) is 0.757. The van der Waals surface area contributed by atoms with Crippen LogP contribution < -0.4 is 15.2 Å². The van der Waals surface area contributed by atoms with Crippen molar-refractivity contribution in [2.45, 2.75) is 20.0 Å². The van der Waals surface area contributed by atoms with Crippen LogP contribution in [0.1, 0.15) is 24.2 Å². The van der Waals surface area contributed by atoms with E-state index in [1.807, 2.05) is 13.8 Å². The van der Waals surface area contributed by atoms with E-state index in [1.54, 1.807) is 12.1 Å². The molecule has 0 unspecified atom stereocenters. The van der Waals surface area contributed by atoms with Crippen molar-refractivity contribution in [2.75, 3.05) is 13.7 Å². The van der Waals surface area contributed by atoms with Crippen LogP contribution in [-0.4, -0.2) is 25.5 Å². The first-order valence-corrected chi connectivity index (χ1v) is 5.64. The van der Waals surface area contributed by atoms with Gasteiger partial charge in [-0.3, -0.25) is 4.79 Å². The molecule has 0 bridgehead atoms. The van der Waals surface area contributed by atoms with Gasteiger partial charge in [0.05, 0.1) is 24.8 Å². The summed E-state index contributed by atoms with van der Waals surface area (Å²) < 4.78 is 10.7. The van der Waals surface area contributed by atoms with Gasteiger partial charge in [0.2, 0.25) is 0 Å². The molecule has 1 aromatic carbocycles. The number of methoxy groups -OCH3 is 1. The standard InChI is InChI=1S/C12H16ClNO3/c1-7(2)17-12-4-8(10(15)6-14)9(13)5-11(12)16-3/h4-5,7H,6,14H2,1-3H3. The first kappa shape index (κ1) is 13.8. The van der Waals surface area contributed by atoms with Crippen LogP contribution in [0, 0.1) is 0 Å². The topological polar surface area (TPSA) is 61.5 Å². The number of halogens is 1. The smallest absolute Gasteiger partial charge is 0.178 e. The van der Waals surface area contributed by atoms with E-state index in [2.05, 4.69) is 0 Å². The van der Waals surface area contributed by atoms with Crippen LogP contribution in [0.3, 0.4) is 0 Å². The van der Waals surface area contributed by atoms with Crippen LogP contribution in [-0.2, 0) is 0 Å². The zero-order chi connectivity index (χ0) is 13.0. The zero-order valence-corrected chi connectivity index (χ0v) is 10.9. The monoisotopic (exact) mass is 257 g/mol. The average Bonchev–Trinajstić information content (AvgIpc) is 2.29. The zero-order valence-electron chi connectivity index (χ0n) is 10.1. The second-order valence-electron chi connectivity index (χ2n) is 3.78. The van der Waals surface area contributed by atoms with E-state index in [4.69, 9.17) is 26.8 Å². The summed E-state index contributed by atoms with van der Waals surface area (Å²) in [6, 6.07) is 3.12. The lowest BCUT2D eigenvalue weighted by atomic mass is 10.1. The van der Waals surface area contributed by atoms with Crippen molar-refractivity contribution in [2.24, 2.45) is 5.73 Å². The van der Waals surface area contributed by atoms with E-state index in [9.17, 15) is 4.79 Å². The fraction of sp³-hybridized carbons (Fsp3) is 0.417. The molecule has 0 amide bonds. The van der Waals surface area contributed by atoms with Crippen molar-refractivity contribution in [1.82, 2.24) is 0 Å². The minimum Gasteiger partial charge on any atom is -0.493 e. The summed E-state index contributed by atoms with van der Waals surface area (Å²) in [6.45, 7) is 3.68. The molecule has 0 aliphatic rings. The lowest BCUT2D eigenvalue weighted by molar-refractivity contribution is 0.100. The Balaban J connectivity index is 3.22. The number of carbonyl (C=O) groups is 1. The Labute approximate surface area is 106 Å². The average molecular weight is 258 g/mol. The highest BCUT2D eigenvalue weighted by Gasteiger charge is 2.15. The number of Topliss-reactive ketones (excluding diaryl/α,β-unsaturated/α-hetero) is 1. The SMILES string of the molecule is COc1cc(Cl)c(C(=O)CN)cc1OC(C)C. The normalized spacial score (nSPS) is 10.5. The van der Waals surface area contributed by atoms with Crippen LogP contribution in [0.25, 0.3) is 0 Å². The number of rotatable bonds is 5. The molecular weight excluding hydrogens is 242 g/mol. The quantitative estimate of drug-likeness (QED) is 0.822. The van der Waals surface area contributed by atoms with Crippen LogP contribution in [0.2, 0.25) is 5.02 Å². The largest absolute Gasteiger partial charge is 0.493 e. The second-order valence-corrected chi connectivity index (χ2v) is 4.18. The number of nitrogens with two attached hydrogens (primary N) is 1. The maximum Gasteiger partial charge on any atom is 0.178 e. The summed E-state index contributed by atoms with van der Waals surface area (Å²) in [4.78, 5) is 11.6. The number of benzene rings is 1. The summed E-state index contributed by atoms with van der Waals surface area (Å²) in [7, 11) is 1.52. The van der Waals surface area contributed by atoms with Crippen molar-refractivity contribution in [3.63, 3.8) is 0 Å². The molecule has 0 aromatic heterocycles. The Morgan fingerprint density at radius 3 is 2.53 bits per heavy atom. The van der Waals surface area contributed by atoms with E-state index in [0.29, 0.717) is 22.1 Å². The van der Waals surface area contributed by atoms with Gasteiger partial charge < -0.3 is 15.2 Å². The van der Waals surface area contributed by atoms with Crippen LogP contribution in [0.15, 0.2) is 12.1 Å². The Hall–Kier alpha value is -1.26. The molecule has 0 spiro atoms. The molecule has 0 fully saturated rings. The molecule has 1 rings (SSSR count). The van der Waals surface area contributed by atoms with E-state index >= 15 is 0 Å². The minimum atomic E-state index is -0.230. The van der Waals surface area contributed by atoms with E-state index in [-0.39, 0.29) is 18.4 Å². The molecule has 0 aliphatic heterocycles. The Morgan fingerprint density at radius 1 is 1.41 bits per heavy atom. The fourth-order valence-corrected chi connectivity index (χ4v) is 1.62. The Kier molecular flexibility index (Phi) is 4.78. The number of ether oxygens (including phenoxy) is 2. The number of ketones is 1. The van der Waals surface area contributed by atoms with Gasteiger partial charge in [0.1, 0.15) is 0 Å². The maximum atomic E-state index is 11.6. The summed E-state index contributed by atoms with van der Waals surface area (Å²) in [6.07, 6.45) is -0.0223. The third kappa shape index (κ3) is 3.35. The lowest BCUT2D eigenvalue weighted by Gasteiger charge is -2.15. The van der Waals surface area contributed by atoms with E-state index < -0.39 is 0 Å². The third-order valence-electron chi connectivity index (χ3n) is 2.10. The maximum absolute atomic E-state index is 11.6. The lowest BCUT2D eigenvalue weighted by Crippen LogP contribution is -2.15. The number of carbonyl (C=O) groups excluding carboxylic acids is 1. The van der Waals surface area contributed by atoms with Crippen molar-refractivity contribution in [1.29, 1.82) is 0 Å². The van der Waals surface area contributed by atoms with Crippen molar-refractivity contribution in [3.05, 3.63) is 22.7 Å². The van der Waals surface area contributed by atoms with Gasteiger partial charge in [0.15, 0.2) is 17.3 Å². The molecule has 1 aromatic rings. The third-order valence-corrected chi connectivity index (χ3v) is 2.41. The van der Waals surface area contributed by atoms with Gasteiger partial charge in [-0.15, -0.1) is 0 Å². The first-order valence-electron chi connectivity index (χ1n) is 5.27. The van der Waals surface area contributed by atoms with E-state index in [0.717, 1.165) is 0 Å². The Morgan fingerprint density at radius 2 is 2.06 bits per heavy atom. The van der Waals surface area contributed by atoms with Gasteiger partial charge >= 0.3 is 0 Å². The Bertz CT molecular complexity index is 418. The molecule has 0 atom stereocenters. The predicted molar refractivity (Wildman–Crippen MR) is 67.2 cm³/mol. The molecule has 0 heterocycles. The minimum absolute atomic E-state index is 0.0223. The van der Waals surface area contributed by atoms with Gasteiger partial charge in [-0.2, -0.15) is 0 Å². The van der Waals surface area contributed by atoms with Crippen molar-refractivity contribution < 1.29 is 14.3 Å². The van der Waals surface area contributed by atoms with E-state index in [1.165, 1.54) is 7.11 Å². The highest BCUT2D eigenvalue weighted by Crippen LogP contribution is 2.34. The summed E-state index contributed by atoms with van der Waals surface area (Å²) in [5.41, 5.74) is 5.67. The van der Waals surface area contributed by atoms with Crippen LogP contribution in [0.5, 0.6) is 11.5 Å². The molecule has 2 N–H and O–H groups in total. The molecule has 0 saturated heterocycles. The van der Waals surface area contributed by atoms with Gasteiger partial charge in [0, 0.05) is 11.6 Å². The van der Waals surface area contributed by atoms with Crippen LogP contribution in [0.4, 0.5) is 0 Å². The molecule has 0 saturated carbocycles. The molecule has 94 valence electrons. The van der Waals surface area contributed by atoms with Crippen LogP contribution >= 0.6 is 11.6 Å². The molecule has 5 heteroatoms. The first-order chi connectivity index (χ1) is 7.99.